The van der Waals surface area contributed by atoms with Gasteiger partial charge in [0.2, 0.25) is 0 Å². The van der Waals surface area contributed by atoms with Crippen LogP contribution >= 0.6 is 23.2 Å². The fourth-order valence-corrected chi connectivity index (χ4v) is 2.18. The molecule has 0 aliphatic carbocycles. The first kappa shape index (κ1) is 15.5. The minimum absolute atomic E-state index is 0.105. The summed E-state index contributed by atoms with van der Waals surface area (Å²) in [5.74, 6) is 0.402. The summed E-state index contributed by atoms with van der Waals surface area (Å²) in [5.41, 5.74) is 12.7. The van der Waals surface area contributed by atoms with Crippen LogP contribution in [-0.2, 0) is 4.74 Å². The second kappa shape index (κ2) is 6.70. The zero-order valence-electron chi connectivity index (χ0n) is 11.4. The molecule has 110 valence electrons. The van der Waals surface area contributed by atoms with Crippen LogP contribution in [0.5, 0.6) is 0 Å². The van der Waals surface area contributed by atoms with Gasteiger partial charge < -0.3 is 16.2 Å². The highest BCUT2D eigenvalue weighted by molar-refractivity contribution is 6.31. The molecule has 4 N–H and O–H groups in total. The second-order valence-electron chi connectivity index (χ2n) is 4.46. The van der Waals surface area contributed by atoms with Gasteiger partial charge in [-0.15, -0.1) is 0 Å². The van der Waals surface area contributed by atoms with E-state index in [0.29, 0.717) is 10.8 Å². The summed E-state index contributed by atoms with van der Waals surface area (Å²) < 4.78 is 5.72. The number of allylic oxidation sites excluding steroid dienone is 1. The number of nitrogens with two attached hydrogens (primary N) is 2. The number of aromatic nitrogens is 1. The van der Waals surface area contributed by atoms with Crippen molar-refractivity contribution in [3.05, 3.63) is 64.2 Å². The van der Waals surface area contributed by atoms with Crippen LogP contribution in [-0.4, -0.2) is 4.98 Å². The van der Waals surface area contributed by atoms with E-state index in [0.717, 1.165) is 16.5 Å². The van der Waals surface area contributed by atoms with Crippen molar-refractivity contribution < 1.29 is 4.74 Å². The van der Waals surface area contributed by atoms with Gasteiger partial charge in [0.15, 0.2) is 0 Å². The Balaban J connectivity index is 2.26. The number of fused-ring (bicyclic) bond motifs is 1. The van der Waals surface area contributed by atoms with E-state index in [2.05, 4.69) is 4.98 Å². The zero-order valence-corrected chi connectivity index (χ0v) is 12.9. The number of hydrogen-bond donors (Lipinski definition) is 2. The monoisotopic (exact) mass is 323 g/mol. The lowest BCUT2D eigenvalue weighted by Crippen LogP contribution is -2.02. The summed E-state index contributed by atoms with van der Waals surface area (Å²) in [7, 11) is 0. The molecule has 2 rings (SSSR count). The van der Waals surface area contributed by atoms with Gasteiger partial charge >= 0.3 is 0 Å². The topological polar surface area (TPSA) is 74.2 Å². The van der Waals surface area contributed by atoms with E-state index in [1.165, 1.54) is 12.3 Å². The van der Waals surface area contributed by atoms with E-state index < -0.39 is 0 Å². The van der Waals surface area contributed by atoms with Crippen LogP contribution in [0.3, 0.4) is 0 Å². The lowest BCUT2D eigenvalue weighted by Gasteiger charge is -2.16. The maximum atomic E-state index is 5.96. The quantitative estimate of drug-likeness (QED) is 0.509. The fourth-order valence-electron chi connectivity index (χ4n) is 1.91. The molecule has 0 radical (unpaired) electrons. The van der Waals surface area contributed by atoms with Crippen LogP contribution in [0.25, 0.3) is 10.9 Å². The Labute approximate surface area is 133 Å². The van der Waals surface area contributed by atoms with Crippen LogP contribution in [0.4, 0.5) is 0 Å². The molecule has 6 heteroatoms. The number of nitrogens with zero attached hydrogens (tertiary/aromatic N) is 1. The van der Waals surface area contributed by atoms with Crippen LogP contribution in [0.2, 0.25) is 5.02 Å². The Hall–Kier alpha value is -1.91. The molecule has 0 aliphatic heterocycles. The largest absolute Gasteiger partial charge is 0.484 e. The molecule has 0 aliphatic rings. The van der Waals surface area contributed by atoms with Gasteiger partial charge in [0.1, 0.15) is 17.0 Å². The van der Waals surface area contributed by atoms with Crippen molar-refractivity contribution >= 4 is 34.1 Å². The highest BCUT2D eigenvalue weighted by Gasteiger charge is 2.09. The maximum absolute atomic E-state index is 5.96. The van der Waals surface area contributed by atoms with Gasteiger partial charge in [-0.1, -0.05) is 29.3 Å². The molecule has 0 bridgehead atoms. The van der Waals surface area contributed by atoms with E-state index in [-0.39, 0.29) is 11.3 Å². The molecule has 0 fully saturated rings. The zero-order chi connectivity index (χ0) is 15.4. The van der Waals surface area contributed by atoms with Gasteiger partial charge in [-0.25, -0.2) is 0 Å². The van der Waals surface area contributed by atoms with Crippen LogP contribution < -0.4 is 11.5 Å². The third-order valence-corrected chi connectivity index (χ3v) is 3.21. The Morgan fingerprint density at radius 1 is 1.38 bits per heavy atom. The number of rotatable bonds is 4. The first-order valence-corrected chi connectivity index (χ1v) is 7.01. The van der Waals surface area contributed by atoms with Crippen molar-refractivity contribution in [2.75, 3.05) is 0 Å². The SMILES string of the molecule is CC(OC(/C=C(\N)Cl)=C/N)c1ccc2ncc(Cl)cc2c1. The molecule has 0 spiro atoms. The molecule has 1 aromatic heterocycles. The molecule has 21 heavy (non-hydrogen) atoms. The molecule has 1 aromatic carbocycles. The van der Waals surface area contributed by atoms with Crippen LogP contribution in [0.1, 0.15) is 18.6 Å². The van der Waals surface area contributed by atoms with Crippen molar-refractivity contribution in [3.8, 4) is 0 Å². The van der Waals surface area contributed by atoms with Gasteiger partial charge in [0.25, 0.3) is 0 Å². The van der Waals surface area contributed by atoms with Gasteiger partial charge in [-0.3, -0.25) is 4.98 Å². The lowest BCUT2D eigenvalue weighted by atomic mass is 10.1. The molecule has 0 saturated heterocycles. The van der Waals surface area contributed by atoms with Crippen LogP contribution in [0.15, 0.2) is 53.7 Å². The first-order valence-electron chi connectivity index (χ1n) is 6.26. The molecule has 1 atom stereocenters. The molecule has 1 heterocycles. The van der Waals surface area contributed by atoms with E-state index in [1.54, 1.807) is 6.20 Å². The summed E-state index contributed by atoms with van der Waals surface area (Å²) >= 11 is 11.6. The molecule has 2 aromatic rings. The predicted octanol–water partition coefficient (Wildman–Crippen LogP) is 3.80. The summed E-state index contributed by atoms with van der Waals surface area (Å²) in [4.78, 5) is 4.25. The Kier molecular flexibility index (Phi) is 4.94. The van der Waals surface area contributed by atoms with E-state index in [1.807, 2.05) is 31.2 Å². The molecule has 0 amide bonds. The standard InChI is InChI=1S/C15H15Cl2N3O/c1-9(21-13(7-18)6-15(17)19)10-2-3-14-11(4-10)5-12(16)8-20-14/h2-9H,18-19H2,1H3/b13-7+,15-6-. The van der Waals surface area contributed by atoms with E-state index in [9.17, 15) is 0 Å². The predicted molar refractivity (Wildman–Crippen MR) is 86.6 cm³/mol. The average molecular weight is 324 g/mol. The highest BCUT2D eigenvalue weighted by atomic mass is 35.5. The second-order valence-corrected chi connectivity index (χ2v) is 5.34. The average Bonchev–Trinajstić information content (AvgIpc) is 2.45. The summed E-state index contributed by atoms with van der Waals surface area (Å²) in [6.07, 6.45) is 4.16. The summed E-state index contributed by atoms with van der Waals surface area (Å²) in [6.45, 7) is 1.90. The fraction of sp³-hybridized carbons (Fsp3) is 0.133. The van der Waals surface area contributed by atoms with Crippen molar-refractivity contribution in [1.29, 1.82) is 0 Å². The number of halogens is 2. The molecular weight excluding hydrogens is 309 g/mol. The van der Waals surface area contributed by atoms with Gasteiger partial charge in [-0.05, 0) is 30.7 Å². The van der Waals surface area contributed by atoms with Crippen LogP contribution in [0, 0.1) is 0 Å². The first-order chi connectivity index (χ1) is 9.99. The van der Waals surface area contributed by atoms with Gasteiger partial charge in [-0.2, -0.15) is 0 Å². The van der Waals surface area contributed by atoms with Crippen molar-refractivity contribution in [1.82, 2.24) is 4.98 Å². The smallest absolute Gasteiger partial charge is 0.138 e. The van der Waals surface area contributed by atoms with Gasteiger partial charge in [0, 0.05) is 23.9 Å². The number of ether oxygens (including phenoxy) is 1. The third kappa shape index (κ3) is 4.03. The number of hydrogen-bond acceptors (Lipinski definition) is 4. The van der Waals surface area contributed by atoms with Crippen molar-refractivity contribution in [2.24, 2.45) is 11.5 Å². The van der Waals surface area contributed by atoms with E-state index >= 15 is 0 Å². The molecule has 1 unspecified atom stereocenters. The summed E-state index contributed by atoms with van der Waals surface area (Å²) in [6, 6.07) is 7.69. The Morgan fingerprint density at radius 3 is 2.81 bits per heavy atom. The summed E-state index contributed by atoms with van der Waals surface area (Å²) in [5, 5.41) is 1.64. The minimum atomic E-state index is -0.226. The number of benzene rings is 1. The Morgan fingerprint density at radius 2 is 2.14 bits per heavy atom. The molecule has 4 nitrogen and oxygen atoms in total. The Bertz CT molecular complexity index is 709. The number of pyridine rings is 1. The highest BCUT2D eigenvalue weighted by Crippen LogP contribution is 2.25. The van der Waals surface area contributed by atoms with E-state index in [4.69, 9.17) is 39.4 Å². The molecule has 0 saturated carbocycles. The normalized spacial score (nSPS) is 14.2. The van der Waals surface area contributed by atoms with Gasteiger partial charge in [0.05, 0.1) is 10.5 Å². The van der Waals surface area contributed by atoms with Crippen molar-refractivity contribution in [3.63, 3.8) is 0 Å². The molecular formula is C15H15Cl2N3O. The van der Waals surface area contributed by atoms with Crippen molar-refractivity contribution in [2.45, 2.75) is 13.0 Å². The third-order valence-electron chi connectivity index (χ3n) is 2.90. The maximum Gasteiger partial charge on any atom is 0.138 e. The lowest BCUT2D eigenvalue weighted by molar-refractivity contribution is 0.142. The minimum Gasteiger partial charge on any atom is -0.484 e.